The number of aromatic hydroxyl groups is 1. The molecule has 1 saturated heterocycles. The lowest BCUT2D eigenvalue weighted by Crippen LogP contribution is -2.33. The van der Waals surface area contributed by atoms with Crippen molar-refractivity contribution >= 4 is 17.7 Å². The maximum absolute atomic E-state index is 11.7. The maximum atomic E-state index is 11.7. The SMILES string of the molecule is CN1CCC(CNC(=O)Nc2ccc(C(=O)O)c(O)c2)C1. The average Bonchev–Trinajstić information content (AvgIpc) is 2.82. The Balaban J connectivity index is 1.85. The molecule has 1 aliphatic rings. The summed E-state index contributed by atoms with van der Waals surface area (Å²) in [7, 11) is 2.05. The van der Waals surface area contributed by atoms with E-state index in [2.05, 4.69) is 15.5 Å². The van der Waals surface area contributed by atoms with Crippen molar-refractivity contribution < 1.29 is 19.8 Å². The van der Waals surface area contributed by atoms with E-state index >= 15 is 0 Å². The Hall–Kier alpha value is -2.28. The predicted octanol–water partition coefficient (Wildman–Crippen LogP) is 1.16. The van der Waals surface area contributed by atoms with E-state index in [-0.39, 0.29) is 17.3 Å². The van der Waals surface area contributed by atoms with Crippen LogP contribution in [-0.4, -0.2) is 53.8 Å². The molecule has 0 aromatic heterocycles. The van der Waals surface area contributed by atoms with Gasteiger partial charge in [-0.1, -0.05) is 0 Å². The lowest BCUT2D eigenvalue weighted by atomic mass is 10.1. The van der Waals surface area contributed by atoms with E-state index in [9.17, 15) is 14.7 Å². The van der Waals surface area contributed by atoms with Gasteiger partial charge in [0.15, 0.2) is 0 Å². The van der Waals surface area contributed by atoms with Crippen molar-refractivity contribution in [2.45, 2.75) is 6.42 Å². The van der Waals surface area contributed by atoms with Crippen molar-refractivity contribution in [3.63, 3.8) is 0 Å². The fourth-order valence-corrected chi connectivity index (χ4v) is 2.40. The summed E-state index contributed by atoms with van der Waals surface area (Å²) in [4.78, 5) is 24.7. The van der Waals surface area contributed by atoms with Crippen molar-refractivity contribution in [1.29, 1.82) is 0 Å². The fraction of sp³-hybridized carbons (Fsp3) is 0.429. The number of carbonyl (C=O) groups excluding carboxylic acids is 1. The van der Waals surface area contributed by atoms with Crippen molar-refractivity contribution in [3.05, 3.63) is 23.8 Å². The van der Waals surface area contributed by atoms with Crippen LogP contribution in [0.4, 0.5) is 10.5 Å². The monoisotopic (exact) mass is 293 g/mol. The average molecular weight is 293 g/mol. The summed E-state index contributed by atoms with van der Waals surface area (Å²) >= 11 is 0. The Morgan fingerprint density at radius 3 is 2.76 bits per heavy atom. The molecule has 1 heterocycles. The van der Waals surface area contributed by atoms with Crippen LogP contribution >= 0.6 is 0 Å². The van der Waals surface area contributed by atoms with Crippen LogP contribution in [-0.2, 0) is 0 Å². The van der Waals surface area contributed by atoms with Gasteiger partial charge in [-0.15, -0.1) is 0 Å². The molecule has 1 aromatic rings. The zero-order valence-corrected chi connectivity index (χ0v) is 11.8. The second-order valence-corrected chi connectivity index (χ2v) is 5.29. The normalized spacial score (nSPS) is 18.4. The summed E-state index contributed by atoms with van der Waals surface area (Å²) in [5.41, 5.74) is 0.147. The quantitative estimate of drug-likeness (QED) is 0.667. The standard InChI is InChI=1S/C14H19N3O4/c1-17-5-4-9(8-17)7-15-14(21)16-10-2-3-11(13(19)20)12(18)6-10/h2-3,6,9,18H,4-5,7-8H2,1H3,(H,19,20)(H2,15,16,21). The number of nitrogens with zero attached hydrogens (tertiary/aromatic N) is 1. The Labute approximate surface area is 122 Å². The molecule has 7 heteroatoms. The second kappa shape index (κ2) is 6.45. The topological polar surface area (TPSA) is 102 Å². The van der Waals surface area contributed by atoms with Crippen LogP contribution in [0.15, 0.2) is 18.2 Å². The number of benzene rings is 1. The van der Waals surface area contributed by atoms with E-state index < -0.39 is 5.97 Å². The molecule has 1 atom stereocenters. The van der Waals surface area contributed by atoms with Crippen LogP contribution in [0.3, 0.4) is 0 Å². The van der Waals surface area contributed by atoms with Crippen LogP contribution < -0.4 is 10.6 Å². The molecule has 2 amide bonds. The predicted molar refractivity (Wildman–Crippen MR) is 77.7 cm³/mol. The number of hydrogen-bond donors (Lipinski definition) is 4. The Bertz CT molecular complexity index is 547. The summed E-state index contributed by atoms with van der Waals surface area (Å²) in [5.74, 6) is -1.14. The van der Waals surface area contributed by atoms with E-state index in [4.69, 9.17) is 5.11 Å². The van der Waals surface area contributed by atoms with E-state index in [1.54, 1.807) is 0 Å². The number of carbonyl (C=O) groups is 2. The van der Waals surface area contributed by atoms with Crippen molar-refractivity contribution in [3.8, 4) is 5.75 Å². The summed E-state index contributed by atoms with van der Waals surface area (Å²) < 4.78 is 0. The van der Waals surface area contributed by atoms with E-state index in [0.717, 1.165) is 19.5 Å². The molecule has 21 heavy (non-hydrogen) atoms. The van der Waals surface area contributed by atoms with Crippen LogP contribution in [0.1, 0.15) is 16.8 Å². The molecule has 0 bridgehead atoms. The van der Waals surface area contributed by atoms with Gasteiger partial charge in [-0.05, 0) is 38.1 Å². The maximum Gasteiger partial charge on any atom is 0.339 e. The number of rotatable bonds is 4. The van der Waals surface area contributed by atoms with Gasteiger partial charge in [0, 0.05) is 24.8 Å². The van der Waals surface area contributed by atoms with E-state index in [0.29, 0.717) is 18.2 Å². The third-order valence-corrected chi connectivity index (χ3v) is 3.53. The molecule has 4 N–H and O–H groups in total. The molecular formula is C14H19N3O4. The lowest BCUT2D eigenvalue weighted by Gasteiger charge is -2.12. The smallest absolute Gasteiger partial charge is 0.339 e. The molecular weight excluding hydrogens is 274 g/mol. The highest BCUT2D eigenvalue weighted by Crippen LogP contribution is 2.21. The molecule has 114 valence electrons. The number of phenols is 1. The van der Waals surface area contributed by atoms with Gasteiger partial charge in [0.05, 0.1) is 0 Å². The first-order valence-corrected chi connectivity index (χ1v) is 6.75. The zero-order valence-electron chi connectivity index (χ0n) is 11.8. The zero-order chi connectivity index (χ0) is 15.4. The molecule has 0 aliphatic carbocycles. The van der Waals surface area contributed by atoms with Crippen molar-refractivity contribution in [2.75, 3.05) is 32.0 Å². The van der Waals surface area contributed by atoms with Gasteiger partial charge in [0.25, 0.3) is 0 Å². The summed E-state index contributed by atoms with van der Waals surface area (Å²) in [5, 5.41) is 23.7. The highest BCUT2D eigenvalue weighted by atomic mass is 16.4. The van der Waals surface area contributed by atoms with E-state index in [1.165, 1.54) is 18.2 Å². The summed E-state index contributed by atoms with van der Waals surface area (Å²) in [6, 6.07) is 3.53. The minimum absolute atomic E-state index is 0.199. The van der Waals surface area contributed by atoms with Gasteiger partial charge in [0.2, 0.25) is 0 Å². The molecule has 0 saturated carbocycles. The van der Waals surface area contributed by atoms with Gasteiger partial charge in [0.1, 0.15) is 11.3 Å². The first-order chi connectivity index (χ1) is 9.95. The molecule has 1 fully saturated rings. The van der Waals surface area contributed by atoms with Crippen LogP contribution in [0, 0.1) is 5.92 Å². The number of likely N-dealkylation sites (tertiary alicyclic amines) is 1. The fourth-order valence-electron chi connectivity index (χ4n) is 2.40. The molecule has 1 aliphatic heterocycles. The Morgan fingerprint density at radius 1 is 1.43 bits per heavy atom. The number of anilines is 1. The minimum Gasteiger partial charge on any atom is -0.507 e. The molecule has 1 unspecified atom stereocenters. The minimum atomic E-state index is -1.21. The van der Waals surface area contributed by atoms with Gasteiger partial charge >= 0.3 is 12.0 Å². The lowest BCUT2D eigenvalue weighted by molar-refractivity contribution is 0.0694. The number of hydrogen-bond acceptors (Lipinski definition) is 4. The Morgan fingerprint density at radius 2 is 2.19 bits per heavy atom. The third kappa shape index (κ3) is 4.09. The van der Waals surface area contributed by atoms with Crippen LogP contribution in [0.2, 0.25) is 0 Å². The number of carboxylic acids is 1. The largest absolute Gasteiger partial charge is 0.507 e. The summed E-state index contributed by atoms with van der Waals surface area (Å²) in [6.07, 6.45) is 1.06. The van der Waals surface area contributed by atoms with Gasteiger partial charge < -0.3 is 25.7 Å². The van der Waals surface area contributed by atoms with Gasteiger partial charge in [-0.25, -0.2) is 9.59 Å². The Kier molecular flexibility index (Phi) is 4.64. The first kappa shape index (κ1) is 15.1. The molecule has 7 nitrogen and oxygen atoms in total. The number of aromatic carboxylic acids is 1. The van der Waals surface area contributed by atoms with Crippen LogP contribution in [0.5, 0.6) is 5.75 Å². The van der Waals surface area contributed by atoms with Crippen LogP contribution in [0.25, 0.3) is 0 Å². The summed E-state index contributed by atoms with van der Waals surface area (Å²) in [6.45, 7) is 2.60. The highest BCUT2D eigenvalue weighted by Gasteiger charge is 2.19. The van der Waals surface area contributed by atoms with Gasteiger partial charge in [-0.3, -0.25) is 0 Å². The number of urea groups is 1. The number of amides is 2. The van der Waals surface area contributed by atoms with Gasteiger partial charge in [-0.2, -0.15) is 0 Å². The van der Waals surface area contributed by atoms with Crippen molar-refractivity contribution in [2.24, 2.45) is 5.92 Å². The molecule has 2 rings (SSSR count). The third-order valence-electron chi connectivity index (χ3n) is 3.53. The molecule has 0 spiro atoms. The number of carboxylic acid groups (broad SMARTS) is 1. The highest BCUT2D eigenvalue weighted by molar-refractivity contribution is 5.93. The molecule has 0 radical (unpaired) electrons. The molecule has 1 aromatic carbocycles. The van der Waals surface area contributed by atoms with Crippen molar-refractivity contribution in [1.82, 2.24) is 10.2 Å². The van der Waals surface area contributed by atoms with E-state index in [1.807, 2.05) is 7.05 Å². The first-order valence-electron chi connectivity index (χ1n) is 6.75. The number of nitrogens with one attached hydrogen (secondary N) is 2. The second-order valence-electron chi connectivity index (χ2n) is 5.29.